The molecular formula is C33H31Cl2FN2O5. The molecule has 0 spiro atoms. The molecule has 2 aromatic rings. The number of allylic oxidation sites excluding steroid dienone is 2. The number of phenols is 1. The maximum atomic E-state index is 14.4. The van der Waals surface area contributed by atoms with Crippen LogP contribution in [0.2, 0.25) is 0 Å². The number of fused-ring (bicyclic) bond motifs is 4. The number of likely N-dealkylation sites (tertiary alicyclic amines) is 1. The molecule has 2 heterocycles. The van der Waals surface area contributed by atoms with Crippen LogP contribution in [0.15, 0.2) is 54.1 Å². The lowest BCUT2D eigenvalue weighted by Crippen LogP contribution is -2.60. The Bertz CT molecular complexity index is 1600. The van der Waals surface area contributed by atoms with Crippen LogP contribution in [0, 0.1) is 30.5 Å². The second-order valence-corrected chi connectivity index (χ2v) is 13.9. The number of hydrogen-bond donors (Lipinski definition) is 1. The number of phenolic OH excluding ortho intramolecular Hbond substituents is 1. The molecule has 0 aromatic heterocycles. The predicted molar refractivity (Wildman–Crippen MR) is 158 cm³/mol. The van der Waals surface area contributed by atoms with Gasteiger partial charge in [-0.2, -0.15) is 0 Å². The minimum absolute atomic E-state index is 0.0519. The number of benzene rings is 2. The molecule has 43 heavy (non-hydrogen) atoms. The van der Waals surface area contributed by atoms with E-state index in [1.165, 1.54) is 23.1 Å². The summed E-state index contributed by atoms with van der Waals surface area (Å²) in [5, 5.41) is 10.3. The van der Waals surface area contributed by atoms with Gasteiger partial charge in [-0.25, -0.2) is 9.29 Å². The van der Waals surface area contributed by atoms with E-state index in [1.54, 1.807) is 19.1 Å². The molecule has 4 fully saturated rings. The van der Waals surface area contributed by atoms with Gasteiger partial charge in [0.25, 0.3) is 11.8 Å². The van der Waals surface area contributed by atoms with Crippen LogP contribution in [0.3, 0.4) is 0 Å². The number of imide groups is 2. The molecule has 6 unspecified atom stereocenters. The van der Waals surface area contributed by atoms with Crippen LogP contribution in [0.4, 0.5) is 10.1 Å². The van der Waals surface area contributed by atoms with Crippen molar-refractivity contribution in [2.75, 3.05) is 4.90 Å². The molecule has 7 rings (SSSR count). The van der Waals surface area contributed by atoms with E-state index in [0.717, 1.165) is 49.1 Å². The van der Waals surface area contributed by atoms with Gasteiger partial charge in [0.05, 0.1) is 17.5 Å². The van der Waals surface area contributed by atoms with Gasteiger partial charge >= 0.3 is 0 Å². The molecule has 5 aliphatic rings. The molecule has 2 saturated carbocycles. The summed E-state index contributed by atoms with van der Waals surface area (Å²) in [5.41, 5.74) is 1.94. The second-order valence-electron chi connectivity index (χ2n) is 12.6. The molecule has 10 heteroatoms. The average molecular weight is 626 g/mol. The first-order valence-electron chi connectivity index (χ1n) is 14.9. The number of hydrogen-bond acceptors (Lipinski definition) is 5. The molecule has 2 aromatic carbocycles. The SMILES string of the molecule is Cc1cc(C2C3=CCC4C(=O)N(C5CCCCC5)C(=O)C4C3CC3(Cl)C(=O)N(c4ccc(F)cc4)C(=O)C23Cl)ccc1O. The Labute approximate surface area is 258 Å². The Balaban J connectivity index is 1.38. The normalized spacial score (nSPS) is 34.3. The van der Waals surface area contributed by atoms with E-state index >= 15 is 0 Å². The van der Waals surface area contributed by atoms with Crippen molar-refractivity contribution in [2.45, 2.75) is 73.6 Å². The van der Waals surface area contributed by atoms with Crippen LogP contribution in [0.25, 0.3) is 0 Å². The number of amides is 4. The number of anilines is 1. The van der Waals surface area contributed by atoms with Crippen LogP contribution in [0.1, 0.15) is 62.0 Å². The first-order valence-corrected chi connectivity index (χ1v) is 15.6. The third kappa shape index (κ3) is 3.84. The molecule has 1 N–H and O–H groups in total. The van der Waals surface area contributed by atoms with Crippen molar-refractivity contribution in [3.8, 4) is 5.75 Å². The average Bonchev–Trinajstić information content (AvgIpc) is 3.33. The highest BCUT2D eigenvalue weighted by molar-refractivity contribution is 6.58. The summed E-state index contributed by atoms with van der Waals surface area (Å²) in [5.74, 6) is -5.24. The van der Waals surface area contributed by atoms with Crippen molar-refractivity contribution in [3.05, 3.63) is 71.1 Å². The molecular weight excluding hydrogens is 594 g/mol. The maximum Gasteiger partial charge on any atom is 0.258 e. The van der Waals surface area contributed by atoms with Gasteiger partial charge in [0.2, 0.25) is 11.8 Å². The molecule has 4 amide bonds. The first kappa shape index (κ1) is 28.5. The van der Waals surface area contributed by atoms with Gasteiger partial charge in [-0.15, -0.1) is 23.2 Å². The molecule has 2 saturated heterocycles. The van der Waals surface area contributed by atoms with Crippen LogP contribution >= 0.6 is 23.2 Å². The fourth-order valence-electron chi connectivity index (χ4n) is 8.35. The van der Waals surface area contributed by atoms with E-state index in [-0.39, 0.29) is 35.7 Å². The maximum absolute atomic E-state index is 14.4. The Hall–Kier alpha value is -3.23. The number of nitrogens with zero attached hydrogens (tertiary/aromatic N) is 2. The summed E-state index contributed by atoms with van der Waals surface area (Å²) in [6.07, 6.45) is 6.66. The quantitative estimate of drug-likeness (QED) is 0.267. The number of alkyl halides is 2. The molecule has 224 valence electrons. The van der Waals surface area contributed by atoms with Gasteiger partial charge in [-0.05, 0) is 80.0 Å². The number of halogens is 3. The lowest BCUT2D eigenvalue weighted by Gasteiger charge is -2.50. The fraction of sp³-hybridized carbons (Fsp3) is 0.455. The molecule has 3 aliphatic carbocycles. The monoisotopic (exact) mass is 624 g/mol. The third-order valence-electron chi connectivity index (χ3n) is 10.4. The summed E-state index contributed by atoms with van der Waals surface area (Å²) in [6, 6.07) is 9.68. The minimum Gasteiger partial charge on any atom is -0.508 e. The smallest absolute Gasteiger partial charge is 0.258 e. The highest BCUT2D eigenvalue weighted by atomic mass is 35.5. The van der Waals surface area contributed by atoms with Gasteiger partial charge in [-0.3, -0.25) is 24.1 Å². The van der Waals surface area contributed by atoms with E-state index in [1.807, 2.05) is 6.08 Å². The molecule has 2 aliphatic heterocycles. The summed E-state index contributed by atoms with van der Waals surface area (Å²) < 4.78 is 13.8. The van der Waals surface area contributed by atoms with Crippen LogP contribution in [-0.2, 0) is 19.2 Å². The van der Waals surface area contributed by atoms with Gasteiger partial charge in [0, 0.05) is 12.0 Å². The molecule has 6 atom stereocenters. The molecule has 7 nitrogen and oxygen atoms in total. The Kier molecular flexibility index (Phi) is 6.57. The van der Waals surface area contributed by atoms with Crippen molar-refractivity contribution >= 4 is 52.5 Å². The van der Waals surface area contributed by atoms with Crippen molar-refractivity contribution < 1.29 is 28.7 Å². The zero-order valence-corrected chi connectivity index (χ0v) is 25.1. The van der Waals surface area contributed by atoms with Crippen molar-refractivity contribution in [1.29, 1.82) is 0 Å². The zero-order chi connectivity index (χ0) is 30.4. The van der Waals surface area contributed by atoms with Crippen LogP contribution in [0.5, 0.6) is 5.75 Å². The Morgan fingerprint density at radius 1 is 0.907 bits per heavy atom. The summed E-state index contributed by atoms with van der Waals surface area (Å²) in [4.78, 5) is 54.9. The summed E-state index contributed by atoms with van der Waals surface area (Å²) in [7, 11) is 0. The third-order valence-corrected chi connectivity index (χ3v) is 11.8. The van der Waals surface area contributed by atoms with E-state index in [9.17, 15) is 28.7 Å². The fourth-order valence-corrected chi connectivity index (χ4v) is 9.29. The summed E-state index contributed by atoms with van der Waals surface area (Å²) in [6.45, 7) is 1.72. The van der Waals surface area contributed by atoms with Gasteiger partial charge in [-0.1, -0.05) is 43.0 Å². The van der Waals surface area contributed by atoms with Crippen molar-refractivity contribution in [2.24, 2.45) is 17.8 Å². The highest BCUT2D eigenvalue weighted by Crippen LogP contribution is 2.66. The number of rotatable bonds is 3. The first-order chi connectivity index (χ1) is 20.5. The van der Waals surface area contributed by atoms with Crippen molar-refractivity contribution in [3.63, 3.8) is 0 Å². The summed E-state index contributed by atoms with van der Waals surface area (Å²) >= 11 is 14.7. The molecule has 0 bridgehead atoms. The molecule has 0 radical (unpaired) electrons. The zero-order valence-electron chi connectivity index (χ0n) is 23.6. The van der Waals surface area contributed by atoms with Gasteiger partial charge < -0.3 is 5.11 Å². The second kappa shape index (κ2) is 9.89. The predicted octanol–water partition coefficient (Wildman–Crippen LogP) is 5.74. The number of carbonyl (C=O) groups is 4. The topological polar surface area (TPSA) is 95.0 Å². The standard InChI is InChI=1S/C33H31Cl2FN2O5/c1-17-15-18(7-14-25(17)39)27-22-12-13-23-26(29(41)37(28(23)40)20-5-3-2-4-6-20)24(22)16-32(34)30(42)38(31(43)33(27,32)35)21-10-8-19(36)9-11-21/h7-12,14-15,20,23-24,26-27,39H,2-6,13,16H2,1H3. The van der Waals surface area contributed by atoms with Crippen LogP contribution in [-0.4, -0.2) is 49.4 Å². The highest BCUT2D eigenvalue weighted by Gasteiger charge is 2.76. The minimum atomic E-state index is -1.99. The van der Waals surface area contributed by atoms with Gasteiger partial charge in [0.1, 0.15) is 11.6 Å². The lowest BCUT2D eigenvalue weighted by atomic mass is 9.56. The van der Waals surface area contributed by atoms with E-state index in [2.05, 4.69) is 0 Å². The lowest BCUT2D eigenvalue weighted by molar-refractivity contribution is -0.143. The van der Waals surface area contributed by atoms with E-state index in [4.69, 9.17) is 23.2 Å². The van der Waals surface area contributed by atoms with E-state index in [0.29, 0.717) is 23.1 Å². The number of aromatic hydroxyl groups is 1. The van der Waals surface area contributed by atoms with Gasteiger partial charge in [0.15, 0.2) is 9.75 Å². The largest absolute Gasteiger partial charge is 0.508 e. The number of carbonyl (C=O) groups excluding carboxylic acids is 4. The van der Waals surface area contributed by atoms with Crippen molar-refractivity contribution in [1.82, 2.24) is 4.90 Å². The van der Waals surface area contributed by atoms with E-state index < -0.39 is 51.1 Å². The number of aryl methyl sites for hydroxylation is 1. The Morgan fingerprint density at radius 2 is 1.60 bits per heavy atom. The Morgan fingerprint density at radius 3 is 2.28 bits per heavy atom. The van der Waals surface area contributed by atoms with Crippen LogP contribution < -0.4 is 4.90 Å².